The molecular weight excluding hydrogens is 515 g/mol. The van der Waals surface area contributed by atoms with Gasteiger partial charge in [0.2, 0.25) is 5.91 Å². The molecule has 2 aromatic rings. The topological polar surface area (TPSA) is 65.3 Å². The van der Waals surface area contributed by atoms with E-state index in [2.05, 4.69) is 36.0 Å². The van der Waals surface area contributed by atoms with Gasteiger partial charge in [0, 0.05) is 30.3 Å². The van der Waals surface area contributed by atoms with Crippen molar-refractivity contribution in [1.29, 1.82) is 0 Å². The van der Waals surface area contributed by atoms with E-state index in [0.29, 0.717) is 10.0 Å². The van der Waals surface area contributed by atoms with Crippen molar-refractivity contribution < 1.29 is 9.59 Å². The Morgan fingerprint density at radius 3 is 2.58 bits per heavy atom. The molecule has 2 amide bonds. The fraction of sp³-hybridized carbons (Fsp3) is 0.407. The summed E-state index contributed by atoms with van der Waals surface area (Å²) in [5, 5.41) is 6.21. The zero-order valence-electron chi connectivity index (χ0n) is 21.1. The van der Waals surface area contributed by atoms with E-state index >= 15 is 0 Å². The molecular formula is C27H30Cl2N4O2S. The lowest BCUT2D eigenvalue weighted by atomic mass is 9.93. The molecule has 9 heteroatoms. The van der Waals surface area contributed by atoms with Crippen LogP contribution in [0.3, 0.4) is 0 Å². The first-order valence-corrected chi connectivity index (χ1v) is 13.7. The molecule has 190 valence electrons. The van der Waals surface area contributed by atoms with E-state index in [0.717, 1.165) is 64.5 Å². The first kappa shape index (κ1) is 26.7. The number of halogens is 2. The highest BCUT2D eigenvalue weighted by atomic mass is 35.5. The summed E-state index contributed by atoms with van der Waals surface area (Å²) in [5.41, 5.74) is 4.79. The summed E-state index contributed by atoms with van der Waals surface area (Å²) < 4.78 is -0.561. The maximum atomic E-state index is 12.5. The van der Waals surface area contributed by atoms with Crippen molar-refractivity contribution >= 4 is 63.3 Å². The number of carbonyl (C=O) groups excluding carboxylic acids is 2. The quantitative estimate of drug-likeness (QED) is 0.301. The van der Waals surface area contributed by atoms with Crippen LogP contribution in [0.4, 0.5) is 10.5 Å². The van der Waals surface area contributed by atoms with Crippen LogP contribution in [0.1, 0.15) is 64.2 Å². The van der Waals surface area contributed by atoms with Crippen LogP contribution in [-0.4, -0.2) is 45.0 Å². The number of nitrogens with zero attached hydrogens (tertiary/aromatic N) is 4. The zero-order valence-corrected chi connectivity index (χ0v) is 23.5. The fourth-order valence-electron chi connectivity index (χ4n) is 4.43. The highest BCUT2D eigenvalue weighted by Gasteiger charge is 2.39. The number of rotatable bonds is 4. The van der Waals surface area contributed by atoms with Crippen LogP contribution in [0.5, 0.6) is 0 Å². The summed E-state index contributed by atoms with van der Waals surface area (Å²) in [4.78, 5) is 32.1. The number of aliphatic imine (C=N–C) groups is 1. The molecule has 0 spiro atoms. The molecule has 4 rings (SSSR count). The molecule has 0 fully saturated rings. The van der Waals surface area contributed by atoms with E-state index in [1.807, 2.05) is 32.0 Å². The number of amides is 2. The molecule has 2 aliphatic rings. The van der Waals surface area contributed by atoms with Crippen molar-refractivity contribution in [2.45, 2.75) is 64.7 Å². The molecule has 0 atom stereocenters. The second kappa shape index (κ2) is 10.6. The van der Waals surface area contributed by atoms with Crippen LogP contribution >= 0.6 is 35.0 Å². The van der Waals surface area contributed by atoms with Crippen LogP contribution in [0, 0.1) is 0 Å². The Morgan fingerprint density at radius 2 is 1.92 bits per heavy atom. The van der Waals surface area contributed by atoms with Crippen molar-refractivity contribution in [3.05, 3.63) is 63.1 Å². The van der Waals surface area contributed by atoms with E-state index in [1.165, 1.54) is 5.56 Å². The van der Waals surface area contributed by atoms with Gasteiger partial charge in [-0.2, -0.15) is 10.1 Å². The molecule has 0 radical (unpaired) electrons. The van der Waals surface area contributed by atoms with Crippen LogP contribution in [0.15, 0.2) is 46.5 Å². The minimum Gasteiger partial charge on any atom is -0.326 e. The summed E-state index contributed by atoms with van der Waals surface area (Å²) in [5.74, 6) is 0.550. The fourth-order valence-corrected chi connectivity index (χ4v) is 5.65. The van der Waals surface area contributed by atoms with Gasteiger partial charge in [-0.05, 0) is 93.8 Å². The molecule has 2 aromatic carbocycles. The van der Waals surface area contributed by atoms with E-state index in [1.54, 1.807) is 13.0 Å². The molecule has 0 saturated heterocycles. The molecule has 0 saturated carbocycles. The standard InChI is InChI=1S/C27H30Cl2N4O2S/c1-6-23(34)33-26(35)36-27(4,5)24(31-33)18-10-12-22-17(14-18)8-7-13-32(22)25(30-16(2)3)19-9-11-20(28)21(29)15-19/h9-12,14-16H,6-8,13H2,1-5H3/b30-25-. The number of imide groups is 1. The molecule has 0 bridgehead atoms. The highest BCUT2D eigenvalue weighted by Crippen LogP contribution is 2.38. The lowest BCUT2D eigenvalue weighted by molar-refractivity contribution is -0.127. The number of benzene rings is 2. The Labute approximate surface area is 226 Å². The van der Waals surface area contributed by atoms with Gasteiger partial charge in [-0.25, -0.2) is 0 Å². The minimum absolute atomic E-state index is 0.0909. The predicted molar refractivity (Wildman–Crippen MR) is 151 cm³/mol. The maximum absolute atomic E-state index is 12.5. The molecule has 2 aliphatic heterocycles. The average Bonchev–Trinajstić information content (AvgIpc) is 2.82. The number of carbonyl (C=O) groups is 2. The number of anilines is 1. The van der Waals surface area contributed by atoms with Gasteiger partial charge in [-0.3, -0.25) is 14.6 Å². The van der Waals surface area contributed by atoms with Gasteiger partial charge in [-0.1, -0.05) is 36.2 Å². The third kappa shape index (κ3) is 5.34. The molecule has 2 heterocycles. The summed E-state index contributed by atoms with van der Waals surface area (Å²) in [7, 11) is 0. The van der Waals surface area contributed by atoms with Gasteiger partial charge in [-0.15, -0.1) is 0 Å². The number of hydrogen-bond acceptors (Lipinski definition) is 5. The lowest BCUT2D eigenvalue weighted by Gasteiger charge is -2.35. The van der Waals surface area contributed by atoms with Crippen molar-refractivity contribution in [2.75, 3.05) is 11.4 Å². The Bertz CT molecular complexity index is 1270. The molecule has 0 unspecified atom stereocenters. The largest absolute Gasteiger partial charge is 0.326 e. The van der Waals surface area contributed by atoms with Crippen LogP contribution < -0.4 is 4.90 Å². The van der Waals surface area contributed by atoms with E-state index in [-0.39, 0.29) is 23.6 Å². The number of hydrazone groups is 1. The van der Waals surface area contributed by atoms with Crippen molar-refractivity contribution in [3.8, 4) is 0 Å². The van der Waals surface area contributed by atoms with Gasteiger partial charge in [0.05, 0.1) is 20.5 Å². The van der Waals surface area contributed by atoms with Crippen molar-refractivity contribution in [2.24, 2.45) is 10.1 Å². The first-order valence-electron chi connectivity index (χ1n) is 12.1. The second-order valence-corrected chi connectivity index (χ2v) is 12.0. The van der Waals surface area contributed by atoms with Crippen molar-refractivity contribution in [3.63, 3.8) is 0 Å². The Hall–Kier alpha value is -2.35. The van der Waals surface area contributed by atoms with E-state index in [4.69, 9.17) is 28.2 Å². The number of hydrogen-bond donors (Lipinski definition) is 0. The smallest absolute Gasteiger partial charge is 0.309 e. The Morgan fingerprint density at radius 1 is 1.17 bits per heavy atom. The number of thioether (sulfide) groups is 1. The lowest BCUT2D eigenvalue weighted by Crippen LogP contribution is -2.43. The van der Waals surface area contributed by atoms with Gasteiger partial charge < -0.3 is 4.90 Å². The van der Waals surface area contributed by atoms with Gasteiger partial charge in [0.25, 0.3) is 0 Å². The molecule has 0 N–H and O–H groups in total. The van der Waals surface area contributed by atoms with Crippen LogP contribution in [-0.2, 0) is 11.2 Å². The van der Waals surface area contributed by atoms with E-state index in [9.17, 15) is 9.59 Å². The summed E-state index contributed by atoms with van der Waals surface area (Å²) in [6.07, 6.45) is 2.08. The zero-order chi connectivity index (χ0) is 26.2. The maximum Gasteiger partial charge on any atom is 0.309 e. The molecule has 0 aliphatic carbocycles. The van der Waals surface area contributed by atoms with Gasteiger partial charge >= 0.3 is 5.24 Å². The van der Waals surface area contributed by atoms with Gasteiger partial charge in [0.1, 0.15) is 5.84 Å². The van der Waals surface area contributed by atoms with Crippen LogP contribution in [0.25, 0.3) is 0 Å². The predicted octanol–water partition coefficient (Wildman–Crippen LogP) is 7.19. The summed E-state index contributed by atoms with van der Waals surface area (Å²) in [6, 6.07) is 11.9. The normalized spacial score (nSPS) is 17.8. The van der Waals surface area contributed by atoms with Crippen LogP contribution in [0.2, 0.25) is 10.0 Å². The molecule has 36 heavy (non-hydrogen) atoms. The number of amidine groups is 1. The third-order valence-corrected chi connectivity index (χ3v) is 7.90. The Balaban J connectivity index is 1.77. The molecule has 0 aromatic heterocycles. The minimum atomic E-state index is -0.561. The van der Waals surface area contributed by atoms with E-state index < -0.39 is 4.75 Å². The highest BCUT2D eigenvalue weighted by molar-refractivity contribution is 8.15. The van der Waals surface area contributed by atoms with Gasteiger partial charge in [0.15, 0.2) is 0 Å². The monoisotopic (exact) mass is 544 g/mol. The summed E-state index contributed by atoms with van der Waals surface area (Å²) >= 11 is 13.7. The second-order valence-electron chi connectivity index (χ2n) is 9.66. The SMILES string of the molecule is CCC(=O)N1N=C(c2ccc3c(c2)CCCN3/C(=N\C(C)C)c2ccc(Cl)c(Cl)c2)C(C)(C)SC1=O. The van der Waals surface area contributed by atoms with Crippen molar-refractivity contribution in [1.82, 2.24) is 5.01 Å². The number of fused-ring (bicyclic) bond motifs is 1. The molecule has 6 nitrogen and oxygen atoms in total. The average molecular weight is 546 g/mol. The third-order valence-electron chi connectivity index (χ3n) is 6.11. The number of aryl methyl sites for hydroxylation is 1. The first-order chi connectivity index (χ1) is 17.0. The summed E-state index contributed by atoms with van der Waals surface area (Å²) in [6.45, 7) is 10.6. The Kier molecular flexibility index (Phi) is 7.83.